The van der Waals surface area contributed by atoms with Crippen LogP contribution in [0.25, 0.3) is 6.08 Å². The summed E-state index contributed by atoms with van der Waals surface area (Å²) in [5, 5.41) is 11.0. The van der Waals surface area contributed by atoms with E-state index in [2.05, 4.69) is 21.2 Å². The summed E-state index contributed by atoms with van der Waals surface area (Å²) < 4.78 is 0.973. The first-order valence-corrected chi connectivity index (χ1v) is 5.34. The van der Waals surface area contributed by atoms with Crippen LogP contribution < -0.4 is 5.32 Å². The Balaban J connectivity index is 2.53. The fourth-order valence-corrected chi connectivity index (χ4v) is 1.44. The van der Waals surface area contributed by atoms with E-state index < -0.39 is 0 Å². The largest absolute Gasteiger partial charge is 0.395 e. The molecule has 0 saturated heterocycles. The molecular formula is C11H12BrNO2. The molecule has 1 aromatic rings. The van der Waals surface area contributed by atoms with Gasteiger partial charge in [-0.05, 0) is 23.8 Å². The molecule has 0 atom stereocenters. The molecular weight excluding hydrogens is 258 g/mol. The number of nitrogens with one attached hydrogen (secondary N) is 1. The van der Waals surface area contributed by atoms with Crippen LogP contribution in [0.1, 0.15) is 5.56 Å². The average molecular weight is 270 g/mol. The van der Waals surface area contributed by atoms with Gasteiger partial charge in [0.15, 0.2) is 0 Å². The lowest BCUT2D eigenvalue weighted by Crippen LogP contribution is -2.24. The fraction of sp³-hybridized carbons (Fsp3) is 0.182. The maximum absolute atomic E-state index is 11.1. The Labute approximate surface area is 96.9 Å². The van der Waals surface area contributed by atoms with Crippen molar-refractivity contribution in [3.05, 3.63) is 40.4 Å². The van der Waals surface area contributed by atoms with Crippen LogP contribution in [0.15, 0.2) is 34.8 Å². The monoisotopic (exact) mass is 269 g/mol. The number of aliphatic hydroxyl groups excluding tert-OH is 1. The highest BCUT2D eigenvalue weighted by Gasteiger charge is 1.93. The smallest absolute Gasteiger partial charge is 0.244 e. The molecule has 0 fully saturated rings. The van der Waals surface area contributed by atoms with E-state index in [0.29, 0.717) is 0 Å². The van der Waals surface area contributed by atoms with E-state index in [1.807, 2.05) is 24.3 Å². The summed E-state index contributed by atoms with van der Waals surface area (Å²) in [5.74, 6) is -0.205. The van der Waals surface area contributed by atoms with Gasteiger partial charge in [-0.15, -0.1) is 0 Å². The van der Waals surface area contributed by atoms with Crippen LogP contribution >= 0.6 is 15.9 Å². The molecule has 0 unspecified atom stereocenters. The number of benzene rings is 1. The maximum atomic E-state index is 11.1. The van der Waals surface area contributed by atoms with Gasteiger partial charge in [-0.25, -0.2) is 0 Å². The Morgan fingerprint density at radius 3 is 3.00 bits per heavy atom. The van der Waals surface area contributed by atoms with Crippen LogP contribution in [0.5, 0.6) is 0 Å². The Hall–Kier alpha value is -1.13. The standard InChI is InChI=1S/C11H12BrNO2/c12-10-3-1-2-9(8-10)4-5-11(15)13-6-7-14/h1-5,8,14H,6-7H2,(H,13,15). The zero-order chi connectivity index (χ0) is 11.1. The first-order valence-electron chi connectivity index (χ1n) is 4.54. The van der Waals surface area contributed by atoms with E-state index in [0.717, 1.165) is 10.0 Å². The number of aliphatic hydroxyl groups is 1. The molecule has 2 N–H and O–H groups in total. The van der Waals surface area contributed by atoms with Gasteiger partial charge in [-0.3, -0.25) is 4.79 Å². The summed E-state index contributed by atoms with van der Waals surface area (Å²) in [6.45, 7) is 0.234. The lowest BCUT2D eigenvalue weighted by atomic mass is 10.2. The van der Waals surface area contributed by atoms with Gasteiger partial charge in [0, 0.05) is 17.1 Å². The second-order valence-electron chi connectivity index (χ2n) is 2.90. The van der Waals surface area contributed by atoms with Crippen molar-refractivity contribution in [1.29, 1.82) is 0 Å². The molecule has 1 amide bonds. The van der Waals surface area contributed by atoms with Crippen molar-refractivity contribution in [1.82, 2.24) is 5.32 Å². The minimum atomic E-state index is -0.205. The van der Waals surface area contributed by atoms with Crippen LogP contribution in [-0.4, -0.2) is 24.2 Å². The van der Waals surface area contributed by atoms with Gasteiger partial charge in [0.2, 0.25) is 5.91 Å². The predicted molar refractivity (Wildman–Crippen MR) is 63.3 cm³/mol. The van der Waals surface area contributed by atoms with Gasteiger partial charge >= 0.3 is 0 Å². The Kier molecular flexibility index (Phi) is 5.07. The molecule has 0 bridgehead atoms. The van der Waals surface area contributed by atoms with Gasteiger partial charge < -0.3 is 10.4 Å². The Morgan fingerprint density at radius 1 is 1.53 bits per heavy atom. The van der Waals surface area contributed by atoms with Gasteiger partial charge in [-0.2, -0.15) is 0 Å². The van der Waals surface area contributed by atoms with Gasteiger partial charge in [-0.1, -0.05) is 28.1 Å². The minimum Gasteiger partial charge on any atom is -0.395 e. The molecule has 0 heterocycles. The highest BCUT2D eigenvalue weighted by molar-refractivity contribution is 9.10. The second kappa shape index (κ2) is 6.37. The van der Waals surface area contributed by atoms with Crippen LogP contribution in [0.3, 0.4) is 0 Å². The molecule has 3 nitrogen and oxygen atoms in total. The zero-order valence-electron chi connectivity index (χ0n) is 8.11. The third-order valence-electron chi connectivity index (χ3n) is 1.69. The van der Waals surface area contributed by atoms with Gasteiger partial charge in [0.05, 0.1) is 6.61 Å². The molecule has 0 aromatic heterocycles. The van der Waals surface area contributed by atoms with E-state index >= 15 is 0 Å². The number of hydrogen-bond acceptors (Lipinski definition) is 2. The molecule has 0 radical (unpaired) electrons. The zero-order valence-corrected chi connectivity index (χ0v) is 9.70. The third-order valence-corrected chi connectivity index (χ3v) is 2.18. The molecule has 0 aliphatic carbocycles. The number of carbonyl (C=O) groups excluding carboxylic acids is 1. The highest BCUT2D eigenvalue weighted by Crippen LogP contribution is 2.12. The average Bonchev–Trinajstić information content (AvgIpc) is 2.23. The van der Waals surface area contributed by atoms with E-state index in [9.17, 15) is 4.79 Å². The molecule has 0 spiro atoms. The molecule has 0 saturated carbocycles. The summed E-state index contributed by atoms with van der Waals surface area (Å²) in [5.41, 5.74) is 0.948. The van der Waals surface area contributed by atoms with Crippen molar-refractivity contribution in [2.45, 2.75) is 0 Å². The number of amides is 1. The Bertz CT molecular complexity index is 363. The van der Waals surface area contributed by atoms with Crippen LogP contribution in [-0.2, 0) is 4.79 Å². The summed E-state index contributed by atoms with van der Waals surface area (Å²) in [7, 11) is 0. The first-order chi connectivity index (χ1) is 7.22. The molecule has 1 aromatic carbocycles. The van der Waals surface area contributed by atoms with Crippen molar-refractivity contribution in [2.24, 2.45) is 0 Å². The van der Waals surface area contributed by atoms with E-state index in [-0.39, 0.29) is 19.1 Å². The quantitative estimate of drug-likeness (QED) is 0.816. The molecule has 1 rings (SSSR count). The lowest BCUT2D eigenvalue weighted by Gasteiger charge is -1.97. The number of hydrogen-bond donors (Lipinski definition) is 2. The Morgan fingerprint density at radius 2 is 2.33 bits per heavy atom. The normalized spacial score (nSPS) is 10.5. The van der Waals surface area contributed by atoms with E-state index in [1.165, 1.54) is 6.08 Å². The van der Waals surface area contributed by atoms with Crippen molar-refractivity contribution in [2.75, 3.05) is 13.2 Å². The highest BCUT2D eigenvalue weighted by atomic mass is 79.9. The number of carbonyl (C=O) groups is 1. The van der Waals surface area contributed by atoms with Crippen molar-refractivity contribution < 1.29 is 9.90 Å². The van der Waals surface area contributed by atoms with Crippen molar-refractivity contribution >= 4 is 27.9 Å². The van der Waals surface area contributed by atoms with Crippen LogP contribution in [0, 0.1) is 0 Å². The maximum Gasteiger partial charge on any atom is 0.244 e. The van der Waals surface area contributed by atoms with E-state index in [1.54, 1.807) is 6.08 Å². The molecule has 15 heavy (non-hydrogen) atoms. The molecule has 0 aliphatic heterocycles. The topological polar surface area (TPSA) is 49.3 Å². The summed E-state index contributed by atoms with van der Waals surface area (Å²) >= 11 is 3.34. The second-order valence-corrected chi connectivity index (χ2v) is 3.82. The molecule has 0 aliphatic rings. The lowest BCUT2D eigenvalue weighted by molar-refractivity contribution is -0.116. The van der Waals surface area contributed by atoms with Gasteiger partial charge in [0.1, 0.15) is 0 Å². The van der Waals surface area contributed by atoms with Crippen LogP contribution in [0.2, 0.25) is 0 Å². The minimum absolute atomic E-state index is 0.0452. The summed E-state index contributed by atoms with van der Waals surface area (Å²) in [6.07, 6.45) is 3.16. The predicted octanol–water partition coefficient (Wildman–Crippen LogP) is 1.57. The third kappa shape index (κ3) is 4.76. The SMILES string of the molecule is O=C(C=Cc1cccc(Br)c1)NCCO. The van der Waals surface area contributed by atoms with Crippen LogP contribution in [0.4, 0.5) is 0 Å². The van der Waals surface area contributed by atoms with Crippen molar-refractivity contribution in [3.63, 3.8) is 0 Å². The number of rotatable bonds is 4. The molecule has 80 valence electrons. The molecule has 4 heteroatoms. The number of halogens is 1. The van der Waals surface area contributed by atoms with E-state index in [4.69, 9.17) is 5.11 Å². The summed E-state index contributed by atoms with van der Waals surface area (Å²) in [6, 6.07) is 7.63. The first kappa shape index (κ1) is 11.9. The fourth-order valence-electron chi connectivity index (χ4n) is 1.02. The van der Waals surface area contributed by atoms with Crippen molar-refractivity contribution in [3.8, 4) is 0 Å². The summed E-state index contributed by atoms with van der Waals surface area (Å²) in [4.78, 5) is 11.1. The van der Waals surface area contributed by atoms with Gasteiger partial charge in [0.25, 0.3) is 0 Å².